The number of alkyl halides is 3. The van der Waals surface area contributed by atoms with E-state index >= 15 is 0 Å². The van der Waals surface area contributed by atoms with Crippen LogP contribution in [0.5, 0.6) is 5.75 Å². The molecular formula is C21H14F4N4O. The van der Waals surface area contributed by atoms with Crippen molar-refractivity contribution >= 4 is 5.82 Å². The number of pyridine rings is 2. The third kappa shape index (κ3) is 4.03. The van der Waals surface area contributed by atoms with Gasteiger partial charge in [-0.3, -0.25) is 4.98 Å². The molecule has 0 amide bonds. The average Bonchev–Trinajstić information content (AvgIpc) is 3.16. The molecule has 3 heterocycles. The summed E-state index contributed by atoms with van der Waals surface area (Å²) in [6.45, 7) is -0.600. The largest absolute Gasteiger partial charge is 0.483 e. The molecule has 0 fully saturated rings. The maximum atomic E-state index is 13.7. The fourth-order valence-corrected chi connectivity index (χ4v) is 3.31. The molecular weight excluding hydrogens is 400 g/mol. The molecule has 0 spiro atoms. The Balaban J connectivity index is 1.68. The first-order chi connectivity index (χ1) is 14.3. The number of fused-ring (bicyclic) bond motifs is 1. The molecule has 5 nitrogen and oxygen atoms in total. The van der Waals surface area contributed by atoms with E-state index in [1.807, 2.05) is 17.0 Å². The van der Waals surface area contributed by atoms with E-state index in [2.05, 4.69) is 9.97 Å². The van der Waals surface area contributed by atoms with Gasteiger partial charge in [-0.25, -0.2) is 9.37 Å². The summed E-state index contributed by atoms with van der Waals surface area (Å²) < 4.78 is 56.4. The Kier molecular flexibility index (Phi) is 4.99. The van der Waals surface area contributed by atoms with Crippen molar-refractivity contribution in [3.8, 4) is 23.1 Å². The van der Waals surface area contributed by atoms with Gasteiger partial charge in [0.15, 0.2) is 6.61 Å². The maximum Gasteiger partial charge on any atom is 0.422 e. The van der Waals surface area contributed by atoms with Gasteiger partial charge in [-0.05, 0) is 35.9 Å². The number of nitrogens with zero attached hydrogens (tertiary/aromatic N) is 4. The quantitative estimate of drug-likeness (QED) is 0.584. The first kappa shape index (κ1) is 19.6. The Morgan fingerprint density at radius 1 is 1.10 bits per heavy atom. The first-order valence-electron chi connectivity index (χ1n) is 8.91. The fraction of sp³-hybridized carbons (Fsp3) is 0.190. The number of benzene rings is 1. The molecule has 0 saturated heterocycles. The second kappa shape index (κ2) is 7.63. The van der Waals surface area contributed by atoms with Gasteiger partial charge in [-0.15, -0.1) is 0 Å². The Labute approximate surface area is 169 Å². The molecule has 0 aliphatic carbocycles. The Morgan fingerprint density at radius 3 is 2.63 bits per heavy atom. The van der Waals surface area contributed by atoms with Crippen molar-refractivity contribution in [3.63, 3.8) is 0 Å². The van der Waals surface area contributed by atoms with Gasteiger partial charge in [0, 0.05) is 42.7 Å². The molecule has 1 aliphatic rings. The number of rotatable bonds is 4. The van der Waals surface area contributed by atoms with Crippen LogP contribution in [0.15, 0.2) is 48.8 Å². The molecule has 4 rings (SSSR count). The molecule has 1 aliphatic heterocycles. The fourth-order valence-electron chi connectivity index (χ4n) is 3.31. The Hall–Kier alpha value is -3.67. The van der Waals surface area contributed by atoms with E-state index in [1.165, 1.54) is 12.3 Å². The summed E-state index contributed by atoms with van der Waals surface area (Å²) in [6.07, 6.45) is -1.52. The number of halogens is 4. The van der Waals surface area contributed by atoms with E-state index in [-0.39, 0.29) is 11.3 Å². The van der Waals surface area contributed by atoms with Crippen LogP contribution in [0.3, 0.4) is 0 Å². The Bertz CT molecular complexity index is 1120. The van der Waals surface area contributed by atoms with Crippen LogP contribution < -0.4 is 9.64 Å². The topological polar surface area (TPSA) is 62.0 Å². The normalized spacial score (nSPS) is 13.1. The van der Waals surface area contributed by atoms with Crippen LogP contribution in [-0.2, 0) is 13.1 Å². The summed E-state index contributed by atoms with van der Waals surface area (Å²) in [4.78, 5) is 10.6. The zero-order valence-electron chi connectivity index (χ0n) is 15.4. The lowest BCUT2D eigenvalue weighted by Gasteiger charge is -2.17. The van der Waals surface area contributed by atoms with Crippen LogP contribution >= 0.6 is 0 Å². The lowest BCUT2D eigenvalue weighted by Crippen LogP contribution is -2.19. The molecule has 0 bridgehead atoms. The predicted molar refractivity (Wildman–Crippen MR) is 100 cm³/mol. The number of hydrogen-bond donors (Lipinski definition) is 0. The van der Waals surface area contributed by atoms with Crippen LogP contribution in [0.25, 0.3) is 11.3 Å². The molecule has 9 heteroatoms. The van der Waals surface area contributed by atoms with Crippen molar-refractivity contribution in [2.45, 2.75) is 19.3 Å². The van der Waals surface area contributed by atoms with Crippen LogP contribution in [0.2, 0.25) is 0 Å². The molecule has 30 heavy (non-hydrogen) atoms. The summed E-state index contributed by atoms with van der Waals surface area (Å²) in [5, 5.41) is 8.92. The van der Waals surface area contributed by atoms with Crippen molar-refractivity contribution in [2.75, 3.05) is 11.5 Å². The lowest BCUT2D eigenvalue weighted by atomic mass is 10.0. The van der Waals surface area contributed by atoms with Gasteiger partial charge in [-0.2, -0.15) is 18.4 Å². The third-order valence-corrected chi connectivity index (χ3v) is 4.65. The SMILES string of the molecule is N#Cc1ccc(N2Cc3ccnc(-c4ccc(F)cc4OCC(F)(F)F)c3C2)nc1. The molecule has 152 valence electrons. The second-order valence-electron chi connectivity index (χ2n) is 6.71. The maximum absolute atomic E-state index is 13.7. The van der Waals surface area contributed by atoms with E-state index in [9.17, 15) is 17.6 Å². The Morgan fingerprint density at radius 2 is 1.93 bits per heavy atom. The van der Waals surface area contributed by atoms with E-state index < -0.39 is 18.6 Å². The molecule has 0 radical (unpaired) electrons. The van der Waals surface area contributed by atoms with Crippen molar-refractivity contribution in [1.82, 2.24) is 9.97 Å². The van der Waals surface area contributed by atoms with Gasteiger partial charge in [0.2, 0.25) is 0 Å². The minimum absolute atomic E-state index is 0.219. The van der Waals surface area contributed by atoms with Gasteiger partial charge < -0.3 is 9.64 Å². The highest BCUT2D eigenvalue weighted by molar-refractivity contribution is 5.72. The molecule has 1 aromatic carbocycles. The van der Waals surface area contributed by atoms with Crippen molar-refractivity contribution in [2.24, 2.45) is 0 Å². The predicted octanol–water partition coefficient (Wildman–Crippen LogP) is 4.62. The van der Waals surface area contributed by atoms with Crippen LogP contribution in [0, 0.1) is 17.1 Å². The van der Waals surface area contributed by atoms with Crippen LogP contribution in [0.4, 0.5) is 23.4 Å². The van der Waals surface area contributed by atoms with E-state index in [0.717, 1.165) is 23.3 Å². The highest BCUT2D eigenvalue weighted by Crippen LogP contribution is 2.37. The van der Waals surface area contributed by atoms with E-state index in [4.69, 9.17) is 10.00 Å². The number of anilines is 1. The van der Waals surface area contributed by atoms with Gasteiger partial charge in [0.1, 0.15) is 23.5 Å². The van der Waals surface area contributed by atoms with Gasteiger partial charge >= 0.3 is 6.18 Å². The second-order valence-corrected chi connectivity index (χ2v) is 6.71. The summed E-state index contributed by atoms with van der Waals surface area (Å²) >= 11 is 0. The smallest absolute Gasteiger partial charge is 0.422 e. The number of aromatic nitrogens is 2. The molecule has 3 aromatic rings. The van der Waals surface area contributed by atoms with E-state index in [1.54, 1.807) is 18.3 Å². The standard InChI is InChI=1S/C21H14F4N4O/c22-15-2-3-16(18(7-15)30-12-21(23,24)25)20-17-11-29(10-14(17)5-6-27-20)19-4-1-13(8-26)9-28-19/h1-7,9H,10-12H2. The summed E-state index contributed by atoms with van der Waals surface area (Å²) in [6, 6.07) is 10.7. The van der Waals surface area contributed by atoms with Gasteiger partial charge in [0.25, 0.3) is 0 Å². The molecule has 0 atom stereocenters. The first-order valence-corrected chi connectivity index (χ1v) is 8.91. The minimum atomic E-state index is -4.55. The van der Waals surface area contributed by atoms with Crippen molar-refractivity contribution in [3.05, 3.63) is 71.3 Å². The number of nitriles is 1. The summed E-state index contributed by atoms with van der Waals surface area (Å²) in [7, 11) is 0. The minimum Gasteiger partial charge on any atom is -0.483 e. The van der Waals surface area contributed by atoms with Crippen molar-refractivity contribution in [1.29, 1.82) is 5.26 Å². The molecule has 0 saturated carbocycles. The number of ether oxygens (including phenoxy) is 1. The highest BCUT2D eigenvalue weighted by Gasteiger charge is 2.30. The lowest BCUT2D eigenvalue weighted by molar-refractivity contribution is -0.153. The van der Waals surface area contributed by atoms with Crippen molar-refractivity contribution < 1.29 is 22.3 Å². The molecule has 2 aromatic heterocycles. The van der Waals surface area contributed by atoms with E-state index in [0.29, 0.717) is 30.2 Å². The molecule has 0 N–H and O–H groups in total. The molecule has 0 unspecified atom stereocenters. The monoisotopic (exact) mass is 414 g/mol. The van der Waals surface area contributed by atoms with Gasteiger partial charge in [-0.1, -0.05) is 0 Å². The zero-order valence-corrected chi connectivity index (χ0v) is 15.4. The number of hydrogen-bond acceptors (Lipinski definition) is 5. The summed E-state index contributed by atoms with van der Waals surface area (Å²) in [5.74, 6) is -0.265. The van der Waals surface area contributed by atoms with Crippen LogP contribution in [0.1, 0.15) is 16.7 Å². The average molecular weight is 414 g/mol. The summed E-state index contributed by atoms with van der Waals surface area (Å²) in [5.41, 5.74) is 2.88. The van der Waals surface area contributed by atoms with Crippen LogP contribution in [-0.4, -0.2) is 22.8 Å². The van der Waals surface area contributed by atoms with Gasteiger partial charge in [0.05, 0.1) is 11.3 Å². The zero-order chi connectivity index (χ0) is 21.3. The third-order valence-electron chi connectivity index (χ3n) is 4.65. The highest BCUT2D eigenvalue weighted by atomic mass is 19.4.